The van der Waals surface area contributed by atoms with Crippen molar-refractivity contribution in [2.45, 2.75) is 70.4 Å². The highest BCUT2D eigenvalue weighted by Crippen LogP contribution is 2.19. The van der Waals surface area contributed by atoms with E-state index in [4.69, 9.17) is 26.4 Å². The zero-order valence-corrected chi connectivity index (χ0v) is 26.6. The van der Waals surface area contributed by atoms with Crippen LogP contribution < -0.4 is 10.6 Å². The zero-order valence-electron chi connectivity index (χ0n) is 25.8. The molecule has 0 fully saturated rings. The summed E-state index contributed by atoms with van der Waals surface area (Å²) in [6, 6.07) is 28.0. The van der Waals surface area contributed by atoms with Crippen LogP contribution in [0.15, 0.2) is 110 Å². The number of amides is 2. The number of carbonyl (C=O) groups is 2. The van der Waals surface area contributed by atoms with Gasteiger partial charge in [-0.05, 0) is 62.5 Å². The van der Waals surface area contributed by atoms with Crippen LogP contribution >= 0.6 is 12.2 Å². The normalized spacial score (nSPS) is 13.1. The Morgan fingerprint density at radius 3 is 1.96 bits per heavy atom. The molecule has 4 aromatic rings. The minimum absolute atomic E-state index is 0.112. The van der Waals surface area contributed by atoms with Gasteiger partial charge in [0.05, 0.1) is 6.04 Å². The van der Waals surface area contributed by atoms with Crippen molar-refractivity contribution in [3.8, 4) is 0 Å². The molecule has 3 aromatic carbocycles. The van der Waals surface area contributed by atoms with Crippen LogP contribution in [0.4, 0.5) is 9.59 Å². The van der Waals surface area contributed by atoms with E-state index in [1.165, 1.54) is 0 Å². The van der Waals surface area contributed by atoms with Gasteiger partial charge in [-0.1, -0.05) is 91.0 Å². The van der Waals surface area contributed by atoms with Crippen molar-refractivity contribution in [1.82, 2.24) is 20.2 Å². The van der Waals surface area contributed by atoms with Gasteiger partial charge < -0.3 is 24.8 Å². The molecule has 9 nitrogen and oxygen atoms in total. The molecule has 2 N–H and O–H groups in total. The molecule has 236 valence electrons. The Morgan fingerprint density at radius 1 is 0.822 bits per heavy atom. The van der Waals surface area contributed by atoms with Gasteiger partial charge in [0.15, 0.2) is 0 Å². The fraction of sp³-hybridized carbons (Fsp3) is 0.314. The number of aromatic nitrogens is 2. The van der Waals surface area contributed by atoms with Crippen molar-refractivity contribution in [2.24, 2.45) is 0 Å². The van der Waals surface area contributed by atoms with Gasteiger partial charge in [-0.2, -0.15) is 0 Å². The van der Waals surface area contributed by atoms with Crippen LogP contribution in [-0.4, -0.2) is 50.7 Å². The van der Waals surface area contributed by atoms with Crippen LogP contribution in [0.25, 0.3) is 0 Å². The molecule has 0 saturated carbocycles. The summed E-state index contributed by atoms with van der Waals surface area (Å²) in [7, 11) is 0. The summed E-state index contributed by atoms with van der Waals surface area (Å²) in [6.45, 7) is 5.56. The largest absolute Gasteiger partial charge is 0.465 e. The molecule has 0 bridgehead atoms. The highest BCUT2D eigenvalue weighted by molar-refractivity contribution is 7.80. The lowest BCUT2D eigenvalue weighted by atomic mass is 9.93. The predicted octanol–water partition coefficient (Wildman–Crippen LogP) is 6.47. The predicted molar refractivity (Wildman–Crippen MR) is 177 cm³/mol. The van der Waals surface area contributed by atoms with Gasteiger partial charge in [0.25, 0.3) is 5.17 Å². The fourth-order valence-corrected chi connectivity index (χ4v) is 4.99. The summed E-state index contributed by atoms with van der Waals surface area (Å²) in [4.78, 5) is 30.3. The number of hydrogen-bond donors (Lipinski definition) is 2. The number of nitrogens with zero attached hydrogens (tertiary/aromatic N) is 2. The number of hydrogen-bond acceptors (Lipinski definition) is 7. The number of benzene rings is 3. The third-order valence-electron chi connectivity index (χ3n) is 6.79. The molecule has 1 unspecified atom stereocenters. The fourth-order valence-electron chi connectivity index (χ4n) is 4.76. The highest BCUT2D eigenvalue weighted by atomic mass is 32.1. The van der Waals surface area contributed by atoms with Gasteiger partial charge in [0.1, 0.15) is 24.6 Å². The lowest BCUT2D eigenvalue weighted by Gasteiger charge is -2.32. The molecular weight excluding hydrogens is 588 g/mol. The van der Waals surface area contributed by atoms with Crippen LogP contribution in [0, 0.1) is 0 Å². The average molecular weight is 629 g/mol. The number of carbonyl (C=O) groups excluding carboxylic acids is 2. The van der Waals surface area contributed by atoms with Crippen molar-refractivity contribution in [3.05, 3.63) is 126 Å². The van der Waals surface area contributed by atoms with Gasteiger partial charge >= 0.3 is 12.2 Å². The first-order valence-corrected chi connectivity index (χ1v) is 15.3. The molecule has 3 atom stereocenters. The molecule has 4 rings (SSSR count). The van der Waals surface area contributed by atoms with E-state index in [2.05, 4.69) is 15.6 Å². The number of rotatable bonds is 12. The van der Waals surface area contributed by atoms with E-state index in [1.54, 1.807) is 23.3 Å². The van der Waals surface area contributed by atoms with Crippen LogP contribution in [0.3, 0.4) is 0 Å². The van der Waals surface area contributed by atoms with Crippen LogP contribution in [0.5, 0.6) is 0 Å². The molecule has 2 amide bonds. The van der Waals surface area contributed by atoms with E-state index in [1.807, 2.05) is 112 Å². The molecule has 0 saturated heterocycles. The first kappa shape index (κ1) is 33.2. The second-order valence-corrected chi connectivity index (χ2v) is 12.0. The summed E-state index contributed by atoms with van der Waals surface area (Å²) < 4.78 is 19.2. The third-order valence-corrected chi connectivity index (χ3v) is 7.10. The zero-order chi connectivity index (χ0) is 32.1. The minimum Gasteiger partial charge on any atom is -0.465 e. The van der Waals surface area contributed by atoms with Gasteiger partial charge in [0, 0.05) is 24.9 Å². The minimum atomic E-state index is -0.687. The maximum absolute atomic E-state index is 13.2. The summed E-state index contributed by atoms with van der Waals surface area (Å²) in [6.07, 6.45) is 4.22. The van der Waals surface area contributed by atoms with Crippen molar-refractivity contribution in [1.29, 1.82) is 0 Å². The Kier molecular flexibility index (Phi) is 12.1. The Labute approximate surface area is 269 Å². The van der Waals surface area contributed by atoms with Crippen LogP contribution in [-0.2, 0) is 33.7 Å². The topological polar surface area (TPSA) is 104 Å². The molecule has 0 aliphatic heterocycles. The van der Waals surface area contributed by atoms with Crippen molar-refractivity contribution < 1.29 is 23.8 Å². The Morgan fingerprint density at radius 2 is 1.40 bits per heavy atom. The SMILES string of the molecule is CC(C)(C)OC(=O)N[C@@H](Cc1ccccc1)CC(OC(=S)n1ccnc1)[C@H](Cc1ccccc1)NC(=O)OCc1ccccc1. The Bertz CT molecular complexity index is 1480. The van der Waals surface area contributed by atoms with Gasteiger partial charge in [-0.15, -0.1) is 0 Å². The van der Waals surface area contributed by atoms with E-state index in [9.17, 15) is 9.59 Å². The smallest absolute Gasteiger partial charge is 0.407 e. The lowest BCUT2D eigenvalue weighted by molar-refractivity contribution is 0.0470. The second kappa shape index (κ2) is 16.4. The number of thiocarbonyl (C=S) groups is 1. The standard InChI is InChI=1S/C35H40N4O5S/c1-35(2,3)44-33(41)37-29(21-26-13-7-4-8-14-26)23-31(43-34(45)39-20-19-36-25-39)30(22-27-15-9-5-10-16-27)38-32(40)42-24-28-17-11-6-12-18-28/h4-20,25,29-31H,21-24H2,1-3H3,(H,37,41)(H,38,40)/t29-,30-,31?/m0/s1. The van der Waals surface area contributed by atoms with Crippen molar-refractivity contribution in [3.63, 3.8) is 0 Å². The maximum atomic E-state index is 13.2. The summed E-state index contributed by atoms with van der Waals surface area (Å²) in [5.41, 5.74) is 2.18. The van der Waals surface area contributed by atoms with E-state index in [-0.39, 0.29) is 11.8 Å². The van der Waals surface area contributed by atoms with Crippen LogP contribution in [0.2, 0.25) is 0 Å². The third kappa shape index (κ3) is 11.7. The molecule has 45 heavy (non-hydrogen) atoms. The van der Waals surface area contributed by atoms with Crippen molar-refractivity contribution >= 4 is 29.6 Å². The van der Waals surface area contributed by atoms with E-state index < -0.39 is 36.0 Å². The highest BCUT2D eigenvalue weighted by Gasteiger charge is 2.32. The molecule has 10 heteroatoms. The molecule has 1 heterocycles. The molecular formula is C35H40N4O5S. The molecule has 0 aliphatic carbocycles. The van der Waals surface area contributed by atoms with E-state index >= 15 is 0 Å². The monoisotopic (exact) mass is 628 g/mol. The summed E-state index contributed by atoms with van der Waals surface area (Å²) >= 11 is 5.65. The molecule has 1 aromatic heterocycles. The quantitative estimate of drug-likeness (QED) is 0.174. The Hall–Kier alpha value is -4.70. The number of imidazole rings is 1. The molecule has 0 spiro atoms. The lowest BCUT2D eigenvalue weighted by Crippen LogP contribution is -2.51. The van der Waals surface area contributed by atoms with Crippen molar-refractivity contribution in [2.75, 3.05) is 0 Å². The Balaban J connectivity index is 1.63. The van der Waals surface area contributed by atoms with E-state index in [0.29, 0.717) is 19.3 Å². The maximum Gasteiger partial charge on any atom is 0.407 e. The summed E-state index contributed by atoms with van der Waals surface area (Å²) in [5, 5.41) is 6.22. The summed E-state index contributed by atoms with van der Waals surface area (Å²) in [5.74, 6) is 0. The number of ether oxygens (including phenoxy) is 3. The van der Waals surface area contributed by atoms with Crippen LogP contribution in [0.1, 0.15) is 43.9 Å². The molecule has 0 aliphatic rings. The second-order valence-electron chi connectivity index (χ2n) is 11.7. The number of nitrogens with one attached hydrogen (secondary N) is 2. The molecule has 0 radical (unpaired) electrons. The van der Waals surface area contributed by atoms with Gasteiger partial charge in [-0.3, -0.25) is 4.57 Å². The average Bonchev–Trinajstić information content (AvgIpc) is 3.56. The first-order chi connectivity index (χ1) is 21.6. The van der Waals surface area contributed by atoms with E-state index in [0.717, 1.165) is 16.7 Å². The van der Waals surface area contributed by atoms with Gasteiger partial charge in [0.2, 0.25) is 0 Å². The number of alkyl carbamates (subject to hydrolysis) is 2. The van der Waals surface area contributed by atoms with Gasteiger partial charge in [-0.25, -0.2) is 14.6 Å². The first-order valence-electron chi connectivity index (χ1n) is 14.9.